The number of benzene rings is 2. The molecule has 38 heavy (non-hydrogen) atoms. The molecular formula is C27H30N8O3. The smallest absolute Gasteiger partial charge is 0.317 e. The summed E-state index contributed by atoms with van der Waals surface area (Å²) in [6.07, 6.45) is 1.81. The Labute approximate surface area is 220 Å². The number of imidazole rings is 1. The molecule has 11 nitrogen and oxygen atoms in total. The largest absolute Gasteiger partial charge is 0.454 e. The normalized spacial score (nSPS) is 14.7. The monoisotopic (exact) mass is 514 g/mol. The van der Waals surface area contributed by atoms with E-state index in [0.29, 0.717) is 63.1 Å². The van der Waals surface area contributed by atoms with Crippen LogP contribution in [-0.4, -0.2) is 70.0 Å². The van der Waals surface area contributed by atoms with Gasteiger partial charge in [-0.15, -0.1) is 0 Å². The van der Waals surface area contributed by atoms with E-state index in [-0.39, 0.29) is 12.8 Å². The van der Waals surface area contributed by atoms with Gasteiger partial charge in [0.25, 0.3) is 0 Å². The van der Waals surface area contributed by atoms with Crippen LogP contribution in [0, 0.1) is 0 Å². The van der Waals surface area contributed by atoms with E-state index in [1.54, 1.807) is 0 Å². The first-order chi connectivity index (χ1) is 18.7. The number of carbonyl (C=O) groups excluding carboxylic acids is 1. The summed E-state index contributed by atoms with van der Waals surface area (Å²) >= 11 is 0. The van der Waals surface area contributed by atoms with Crippen LogP contribution in [0.5, 0.6) is 11.5 Å². The summed E-state index contributed by atoms with van der Waals surface area (Å²) in [5, 5.41) is 6.35. The molecule has 0 bridgehead atoms. The van der Waals surface area contributed by atoms with Crippen LogP contribution in [0.1, 0.15) is 18.1 Å². The third-order valence-electron chi connectivity index (χ3n) is 6.72. The Morgan fingerprint density at radius 3 is 2.61 bits per heavy atom. The van der Waals surface area contributed by atoms with Crippen molar-refractivity contribution < 1.29 is 14.3 Å². The van der Waals surface area contributed by atoms with Crippen molar-refractivity contribution in [3.8, 4) is 11.5 Å². The molecule has 6 rings (SSSR count). The lowest BCUT2D eigenvalue weighted by atomic mass is 10.2. The summed E-state index contributed by atoms with van der Waals surface area (Å²) in [5.74, 6) is 2.79. The predicted octanol–water partition coefficient (Wildman–Crippen LogP) is 3.07. The van der Waals surface area contributed by atoms with Crippen molar-refractivity contribution in [2.24, 2.45) is 0 Å². The van der Waals surface area contributed by atoms with Crippen LogP contribution in [0.4, 0.5) is 16.6 Å². The fraction of sp³-hybridized carbons (Fsp3) is 0.333. The first kappa shape index (κ1) is 23.8. The second-order valence-corrected chi connectivity index (χ2v) is 9.25. The van der Waals surface area contributed by atoms with E-state index in [1.165, 1.54) is 0 Å². The lowest BCUT2D eigenvalue weighted by Gasteiger charge is -2.34. The van der Waals surface area contributed by atoms with E-state index < -0.39 is 0 Å². The van der Waals surface area contributed by atoms with Crippen LogP contribution in [0.3, 0.4) is 0 Å². The van der Waals surface area contributed by atoms with E-state index in [2.05, 4.69) is 32.7 Å². The lowest BCUT2D eigenvalue weighted by molar-refractivity contribution is 0.174. The fourth-order valence-electron chi connectivity index (χ4n) is 4.70. The molecule has 4 aromatic rings. The van der Waals surface area contributed by atoms with Crippen LogP contribution < -0.4 is 25.0 Å². The topological polar surface area (TPSA) is 110 Å². The number of nitrogens with one attached hydrogen (secondary N) is 2. The highest BCUT2D eigenvalue weighted by atomic mass is 16.7. The Kier molecular flexibility index (Phi) is 6.55. The number of hydrogen-bond acceptors (Lipinski definition) is 8. The predicted molar refractivity (Wildman–Crippen MR) is 144 cm³/mol. The van der Waals surface area contributed by atoms with Gasteiger partial charge in [-0.1, -0.05) is 36.4 Å². The minimum absolute atomic E-state index is 0.0319. The molecule has 0 spiro atoms. The number of anilines is 2. The van der Waals surface area contributed by atoms with Gasteiger partial charge in [0.1, 0.15) is 0 Å². The van der Waals surface area contributed by atoms with Crippen LogP contribution in [-0.2, 0) is 13.1 Å². The average Bonchev–Trinajstić information content (AvgIpc) is 3.59. The molecule has 2 aliphatic rings. The summed E-state index contributed by atoms with van der Waals surface area (Å²) in [6.45, 7) is 6.49. The molecule has 2 aliphatic heterocycles. The maximum atomic E-state index is 12.3. The summed E-state index contributed by atoms with van der Waals surface area (Å²) in [7, 11) is 0. The van der Waals surface area contributed by atoms with Gasteiger partial charge in [0, 0.05) is 39.3 Å². The Bertz CT molecular complexity index is 1430. The van der Waals surface area contributed by atoms with Crippen molar-refractivity contribution in [3.05, 3.63) is 66.0 Å². The summed E-state index contributed by atoms with van der Waals surface area (Å²) < 4.78 is 13.0. The van der Waals surface area contributed by atoms with Gasteiger partial charge < -0.3 is 34.5 Å². The SMILES string of the molecule is CCNC(=O)N1CCN(c2nc(NCc3ccc4c(c3)OCO4)c3ncn(Cc4ccccc4)c3n2)CC1. The second-order valence-electron chi connectivity index (χ2n) is 9.25. The lowest BCUT2D eigenvalue weighted by Crippen LogP contribution is -2.52. The molecule has 4 heterocycles. The molecule has 2 aromatic heterocycles. The zero-order chi connectivity index (χ0) is 25.9. The third-order valence-corrected chi connectivity index (χ3v) is 6.72. The number of piperazine rings is 1. The molecule has 2 aromatic carbocycles. The van der Waals surface area contributed by atoms with E-state index in [9.17, 15) is 4.79 Å². The van der Waals surface area contributed by atoms with Gasteiger partial charge in [-0.2, -0.15) is 9.97 Å². The molecular weight excluding hydrogens is 484 g/mol. The van der Waals surface area contributed by atoms with Crippen LogP contribution >= 0.6 is 0 Å². The quantitative estimate of drug-likeness (QED) is 0.387. The van der Waals surface area contributed by atoms with Crippen LogP contribution in [0.15, 0.2) is 54.9 Å². The van der Waals surface area contributed by atoms with Gasteiger partial charge in [0.2, 0.25) is 12.7 Å². The molecule has 1 saturated heterocycles. The molecule has 2 N–H and O–H groups in total. The standard InChI is InChI=1S/C27H30N8O3/c1-2-28-27(36)34-12-10-33(11-13-34)26-31-24(29-15-20-8-9-21-22(14-20)38-18-37-21)23-25(32-26)35(17-30-23)16-19-6-4-3-5-7-19/h3-9,14,17H,2,10-13,15-16,18H2,1H3,(H,28,36)(H,29,31,32). The highest BCUT2D eigenvalue weighted by molar-refractivity contribution is 5.84. The zero-order valence-corrected chi connectivity index (χ0v) is 21.3. The first-order valence-electron chi connectivity index (χ1n) is 12.8. The summed E-state index contributed by atoms with van der Waals surface area (Å²) in [6, 6.07) is 16.1. The molecule has 0 aliphatic carbocycles. The number of rotatable bonds is 7. The average molecular weight is 515 g/mol. The molecule has 2 amide bonds. The van der Waals surface area contributed by atoms with Gasteiger partial charge in [0.05, 0.1) is 12.9 Å². The molecule has 0 unspecified atom stereocenters. The number of ether oxygens (including phenoxy) is 2. The van der Waals surface area contributed by atoms with Gasteiger partial charge in [-0.25, -0.2) is 9.78 Å². The second kappa shape index (κ2) is 10.4. The van der Waals surface area contributed by atoms with E-state index >= 15 is 0 Å². The minimum atomic E-state index is -0.0319. The number of amides is 2. The van der Waals surface area contributed by atoms with Gasteiger partial charge >= 0.3 is 6.03 Å². The van der Waals surface area contributed by atoms with E-state index in [4.69, 9.17) is 19.4 Å². The first-order valence-corrected chi connectivity index (χ1v) is 12.8. The number of carbonyl (C=O) groups is 1. The number of nitrogens with zero attached hydrogens (tertiary/aromatic N) is 6. The molecule has 0 atom stereocenters. The van der Waals surface area contributed by atoms with Gasteiger partial charge in [-0.3, -0.25) is 0 Å². The van der Waals surface area contributed by atoms with Crippen molar-refractivity contribution >= 4 is 29.0 Å². The third kappa shape index (κ3) is 4.86. The number of aromatic nitrogens is 4. The zero-order valence-electron chi connectivity index (χ0n) is 21.3. The highest BCUT2D eigenvalue weighted by Crippen LogP contribution is 2.33. The van der Waals surface area contributed by atoms with Crippen molar-refractivity contribution in [2.45, 2.75) is 20.0 Å². The maximum absolute atomic E-state index is 12.3. The molecule has 0 saturated carbocycles. The Morgan fingerprint density at radius 2 is 1.79 bits per heavy atom. The van der Waals surface area contributed by atoms with Gasteiger partial charge in [0.15, 0.2) is 28.5 Å². The minimum Gasteiger partial charge on any atom is -0.454 e. The number of hydrogen-bond donors (Lipinski definition) is 2. The van der Waals surface area contributed by atoms with Crippen molar-refractivity contribution in [3.63, 3.8) is 0 Å². The van der Waals surface area contributed by atoms with E-state index in [1.807, 2.05) is 59.1 Å². The van der Waals surface area contributed by atoms with Crippen molar-refractivity contribution in [2.75, 3.05) is 49.7 Å². The van der Waals surface area contributed by atoms with Gasteiger partial charge in [-0.05, 0) is 30.2 Å². The fourth-order valence-corrected chi connectivity index (χ4v) is 4.70. The van der Waals surface area contributed by atoms with Crippen LogP contribution in [0.2, 0.25) is 0 Å². The highest BCUT2D eigenvalue weighted by Gasteiger charge is 2.24. The molecule has 0 radical (unpaired) electrons. The number of fused-ring (bicyclic) bond motifs is 2. The maximum Gasteiger partial charge on any atom is 0.317 e. The van der Waals surface area contributed by atoms with Crippen molar-refractivity contribution in [1.82, 2.24) is 29.7 Å². The Morgan fingerprint density at radius 1 is 0.974 bits per heavy atom. The van der Waals surface area contributed by atoms with E-state index in [0.717, 1.165) is 28.3 Å². The Hall–Kier alpha value is -4.54. The number of urea groups is 1. The summed E-state index contributed by atoms with van der Waals surface area (Å²) in [4.78, 5) is 30.7. The molecule has 11 heteroatoms. The summed E-state index contributed by atoms with van der Waals surface area (Å²) in [5.41, 5.74) is 3.68. The molecule has 1 fully saturated rings. The molecule has 196 valence electrons. The Balaban J connectivity index is 1.28. The van der Waals surface area contributed by atoms with Crippen molar-refractivity contribution in [1.29, 1.82) is 0 Å². The van der Waals surface area contributed by atoms with Crippen LogP contribution in [0.25, 0.3) is 11.2 Å².